The second kappa shape index (κ2) is 5.88. The molecule has 0 saturated heterocycles. The summed E-state index contributed by atoms with van der Waals surface area (Å²) in [4.78, 5) is 25.0. The van der Waals surface area contributed by atoms with E-state index in [2.05, 4.69) is 20.9 Å². The van der Waals surface area contributed by atoms with Crippen molar-refractivity contribution in [1.29, 1.82) is 0 Å². The Labute approximate surface area is 127 Å². The van der Waals surface area contributed by atoms with Crippen molar-refractivity contribution in [3.05, 3.63) is 56.2 Å². The SMILES string of the molecule is Cc1c([N+](=O)[O-])cnc(Oc2cccc(C(=O)O)c2)c1Br. The Hall–Kier alpha value is -2.48. The third kappa shape index (κ3) is 3.16. The number of hydrogen-bond donors (Lipinski definition) is 1. The van der Waals surface area contributed by atoms with Gasteiger partial charge < -0.3 is 9.84 Å². The van der Waals surface area contributed by atoms with Gasteiger partial charge in [0.2, 0.25) is 5.88 Å². The molecule has 1 aromatic carbocycles. The molecule has 0 saturated carbocycles. The van der Waals surface area contributed by atoms with Crippen LogP contribution >= 0.6 is 15.9 Å². The van der Waals surface area contributed by atoms with Crippen LogP contribution in [0.1, 0.15) is 15.9 Å². The summed E-state index contributed by atoms with van der Waals surface area (Å²) in [6.45, 7) is 1.56. The lowest BCUT2D eigenvalue weighted by atomic mass is 10.2. The van der Waals surface area contributed by atoms with E-state index in [4.69, 9.17) is 9.84 Å². The molecule has 0 spiro atoms. The molecular formula is C13H9BrN2O5. The number of halogens is 1. The lowest BCUT2D eigenvalue weighted by Gasteiger charge is -2.09. The lowest BCUT2D eigenvalue weighted by Crippen LogP contribution is -1.99. The molecule has 2 rings (SSSR count). The maximum atomic E-state index is 10.9. The molecule has 0 amide bonds. The van der Waals surface area contributed by atoms with Crippen molar-refractivity contribution in [2.24, 2.45) is 0 Å². The zero-order valence-electron chi connectivity index (χ0n) is 10.7. The van der Waals surface area contributed by atoms with Crippen molar-refractivity contribution in [1.82, 2.24) is 4.98 Å². The van der Waals surface area contributed by atoms with Gasteiger partial charge in [-0.15, -0.1) is 0 Å². The summed E-state index contributed by atoms with van der Waals surface area (Å²) in [6.07, 6.45) is 1.09. The molecule has 0 atom stereocenters. The fourth-order valence-electron chi connectivity index (χ4n) is 1.61. The predicted molar refractivity (Wildman–Crippen MR) is 76.8 cm³/mol. The quantitative estimate of drug-likeness (QED) is 0.666. The predicted octanol–water partition coefficient (Wildman–Crippen LogP) is 3.55. The van der Waals surface area contributed by atoms with E-state index >= 15 is 0 Å². The molecule has 21 heavy (non-hydrogen) atoms. The van der Waals surface area contributed by atoms with Crippen LogP contribution in [-0.2, 0) is 0 Å². The molecule has 8 heteroatoms. The highest BCUT2D eigenvalue weighted by molar-refractivity contribution is 9.10. The van der Waals surface area contributed by atoms with E-state index in [0.717, 1.165) is 6.20 Å². The van der Waals surface area contributed by atoms with Gasteiger partial charge in [-0.3, -0.25) is 10.1 Å². The third-order valence-corrected chi connectivity index (χ3v) is 3.63. The molecule has 7 nitrogen and oxygen atoms in total. The van der Waals surface area contributed by atoms with E-state index in [-0.39, 0.29) is 22.9 Å². The van der Waals surface area contributed by atoms with Gasteiger partial charge in [-0.1, -0.05) is 6.07 Å². The number of hydrogen-bond acceptors (Lipinski definition) is 5. The van der Waals surface area contributed by atoms with E-state index in [1.54, 1.807) is 13.0 Å². The number of carboxylic acid groups (broad SMARTS) is 1. The van der Waals surface area contributed by atoms with Crippen molar-refractivity contribution in [2.75, 3.05) is 0 Å². The third-order valence-electron chi connectivity index (χ3n) is 2.70. The van der Waals surface area contributed by atoms with Crippen LogP contribution in [0.3, 0.4) is 0 Å². The van der Waals surface area contributed by atoms with Crippen molar-refractivity contribution < 1.29 is 19.6 Å². The first-order valence-electron chi connectivity index (χ1n) is 5.71. The number of pyridine rings is 1. The second-order valence-corrected chi connectivity index (χ2v) is 4.87. The van der Waals surface area contributed by atoms with Gasteiger partial charge in [0.05, 0.1) is 15.0 Å². The van der Waals surface area contributed by atoms with Crippen molar-refractivity contribution >= 4 is 27.6 Å². The number of carboxylic acids is 1. The van der Waals surface area contributed by atoms with Gasteiger partial charge in [-0.2, -0.15) is 0 Å². The molecule has 1 heterocycles. The highest BCUT2D eigenvalue weighted by Gasteiger charge is 2.18. The summed E-state index contributed by atoms with van der Waals surface area (Å²) in [7, 11) is 0. The average Bonchev–Trinajstić information content (AvgIpc) is 2.44. The van der Waals surface area contributed by atoms with Gasteiger partial charge in [-0.25, -0.2) is 9.78 Å². The zero-order valence-corrected chi connectivity index (χ0v) is 12.3. The Morgan fingerprint density at radius 2 is 2.19 bits per heavy atom. The molecule has 0 radical (unpaired) electrons. The van der Waals surface area contributed by atoms with Gasteiger partial charge in [0.1, 0.15) is 11.9 Å². The maximum Gasteiger partial charge on any atom is 0.335 e. The van der Waals surface area contributed by atoms with Crippen LogP contribution < -0.4 is 4.74 Å². The Morgan fingerprint density at radius 3 is 2.81 bits per heavy atom. The van der Waals surface area contributed by atoms with Crippen LogP contribution in [0.15, 0.2) is 34.9 Å². The minimum absolute atomic E-state index is 0.0715. The minimum Gasteiger partial charge on any atom is -0.478 e. The Bertz CT molecular complexity index is 732. The van der Waals surface area contributed by atoms with E-state index < -0.39 is 10.9 Å². The van der Waals surface area contributed by atoms with Crippen LogP contribution in [-0.4, -0.2) is 21.0 Å². The van der Waals surface area contributed by atoms with Gasteiger partial charge >= 0.3 is 5.97 Å². The normalized spacial score (nSPS) is 10.2. The number of nitro groups is 1. The number of rotatable bonds is 4. The van der Waals surface area contributed by atoms with Crippen molar-refractivity contribution in [2.45, 2.75) is 6.92 Å². The van der Waals surface area contributed by atoms with Crippen LogP contribution in [0.2, 0.25) is 0 Å². The summed E-state index contributed by atoms with van der Waals surface area (Å²) in [5.41, 5.74) is 0.315. The van der Waals surface area contributed by atoms with Crippen molar-refractivity contribution in [3.8, 4) is 11.6 Å². The van der Waals surface area contributed by atoms with Gasteiger partial charge in [0.15, 0.2) is 0 Å². The van der Waals surface area contributed by atoms with E-state index in [9.17, 15) is 14.9 Å². The summed E-state index contributed by atoms with van der Waals surface area (Å²) in [5.74, 6) is -0.677. The molecule has 0 aliphatic rings. The number of carbonyl (C=O) groups is 1. The highest BCUT2D eigenvalue weighted by atomic mass is 79.9. The molecule has 0 aliphatic heterocycles. The fourth-order valence-corrected chi connectivity index (χ4v) is 1.99. The van der Waals surface area contributed by atoms with Crippen LogP contribution in [0, 0.1) is 17.0 Å². The van der Waals surface area contributed by atoms with Gasteiger partial charge in [0, 0.05) is 5.56 Å². The molecule has 108 valence electrons. The largest absolute Gasteiger partial charge is 0.478 e. The van der Waals surface area contributed by atoms with Gasteiger partial charge in [-0.05, 0) is 41.1 Å². The van der Waals surface area contributed by atoms with Crippen molar-refractivity contribution in [3.63, 3.8) is 0 Å². The monoisotopic (exact) mass is 352 g/mol. The fraction of sp³-hybridized carbons (Fsp3) is 0.0769. The number of aromatic nitrogens is 1. The highest BCUT2D eigenvalue weighted by Crippen LogP contribution is 2.34. The number of benzene rings is 1. The molecule has 0 unspecified atom stereocenters. The van der Waals surface area contributed by atoms with Crippen LogP contribution in [0.25, 0.3) is 0 Å². The number of aromatic carboxylic acids is 1. The maximum absolute atomic E-state index is 10.9. The van der Waals surface area contributed by atoms with E-state index in [1.807, 2.05) is 0 Å². The van der Waals surface area contributed by atoms with Gasteiger partial charge in [0.25, 0.3) is 5.69 Å². The Balaban J connectivity index is 2.36. The molecular weight excluding hydrogens is 344 g/mol. The zero-order chi connectivity index (χ0) is 15.6. The summed E-state index contributed by atoms with van der Waals surface area (Å²) in [6, 6.07) is 5.87. The van der Waals surface area contributed by atoms with Crippen LogP contribution in [0.5, 0.6) is 11.6 Å². The first-order chi connectivity index (χ1) is 9.90. The summed E-state index contributed by atoms with van der Waals surface area (Å²) < 4.78 is 5.82. The molecule has 0 aliphatic carbocycles. The molecule has 0 bridgehead atoms. The molecule has 1 N–H and O–H groups in total. The summed E-state index contributed by atoms with van der Waals surface area (Å²) in [5, 5.41) is 19.7. The Morgan fingerprint density at radius 1 is 1.48 bits per heavy atom. The lowest BCUT2D eigenvalue weighted by molar-refractivity contribution is -0.385. The molecule has 2 aromatic rings. The molecule has 0 fully saturated rings. The van der Waals surface area contributed by atoms with E-state index in [1.165, 1.54) is 18.2 Å². The standard InChI is InChI=1S/C13H9BrN2O5/c1-7-10(16(19)20)6-15-12(11(7)14)21-9-4-2-3-8(5-9)13(17)18/h2-6H,1H3,(H,17,18). The van der Waals surface area contributed by atoms with E-state index in [0.29, 0.717) is 10.0 Å². The smallest absolute Gasteiger partial charge is 0.335 e. The Kier molecular flexibility index (Phi) is 4.18. The minimum atomic E-state index is -1.08. The molecule has 1 aromatic heterocycles. The first-order valence-corrected chi connectivity index (χ1v) is 6.50. The number of nitrogens with zero attached hydrogens (tertiary/aromatic N) is 2. The second-order valence-electron chi connectivity index (χ2n) is 4.08. The topological polar surface area (TPSA) is 103 Å². The number of ether oxygens (including phenoxy) is 1. The summed E-state index contributed by atoms with van der Waals surface area (Å²) >= 11 is 3.20. The first kappa shape index (κ1) is 14.9. The van der Waals surface area contributed by atoms with Crippen LogP contribution in [0.4, 0.5) is 5.69 Å². The average molecular weight is 353 g/mol.